The highest BCUT2D eigenvalue weighted by molar-refractivity contribution is 6.30. The molecule has 0 aromatic carbocycles. The lowest BCUT2D eigenvalue weighted by atomic mass is 10.00. The summed E-state index contributed by atoms with van der Waals surface area (Å²) in [4.78, 5) is 14.8. The molecule has 0 radical (unpaired) electrons. The Hall–Kier alpha value is -0.710. The molecule has 3 N–H and O–H groups in total. The second-order valence-corrected chi connectivity index (χ2v) is 5.45. The summed E-state index contributed by atoms with van der Waals surface area (Å²) in [6.45, 7) is 0. The van der Waals surface area contributed by atoms with Gasteiger partial charge in [-0.15, -0.1) is 12.4 Å². The predicted molar refractivity (Wildman–Crippen MR) is 73.5 cm³/mol. The number of aromatic amines is 1. The molecule has 0 aliphatic carbocycles. The van der Waals surface area contributed by atoms with Crippen LogP contribution < -0.4 is 10.6 Å². The van der Waals surface area contributed by atoms with Gasteiger partial charge in [-0.05, 0) is 31.7 Å². The van der Waals surface area contributed by atoms with Gasteiger partial charge in [0.05, 0.1) is 5.02 Å². The molecule has 18 heavy (non-hydrogen) atoms. The molecule has 2 fully saturated rings. The van der Waals surface area contributed by atoms with Crippen LogP contribution in [-0.4, -0.2) is 29.0 Å². The molecule has 100 valence electrons. The minimum absolute atomic E-state index is 0. The van der Waals surface area contributed by atoms with Crippen molar-refractivity contribution in [3.63, 3.8) is 0 Å². The normalized spacial score (nSPS) is 29.7. The zero-order chi connectivity index (χ0) is 11.8. The van der Waals surface area contributed by atoms with Crippen LogP contribution in [0.1, 0.15) is 36.2 Å². The first-order valence-corrected chi connectivity index (χ1v) is 6.49. The van der Waals surface area contributed by atoms with Crippen LogP contribution in [0.4, 0.5) is 0 Å². The molecule has 3 heterocycles. The van der Waals surface area contributed by atoms with Crippen molar-refractivity contribution in [2.24, 2.45) is 0 Å². The van der Waals surface area contributed by atoms with E-state index in [1.54, 1.807) is 12.3 Å². The van der Waals surface area contributed by atoms with Crippen LogP contribution in [0.2, 0.25) is 5.02 Å². The third-order valence-electron chi connectivity index (χ3n) is 3.70. The summed E-state index contributed by atoms with van der Waals surface area (Å²) in [6, 6.07) is 3.13. The van der Waals surface area contributed by atoms with E-state index in [1.165, 1.54) is 12.8 Å². The van der Waals surface area contributed by atoms with Crippen LogP contribution in [-0.2, 0) is 0 Å². The van der Waals surface area contributed by atoms with E-state index in [2.05, 4.69) is 15.6 Å². The Morgan fingerprint density at radius 1 is 1.33 bits per heavy atom. The summed E-state index contributed by atoms with van der Waals surface area (Å²) >= 11 is 5.78. The van der Waals surface area contributed by atoms with Gasteiger partial charge in [0.15, 0.2) is 0 Å². The highest BCUT2D eigenvalue weighted by atomic mass is 35.5. The Balaban J connectivity index is 0.00000120. The fourth-order valence-electron chi connectivity index (χ4n) is 2.94. The van der Waals surface area contributed by atoms with E-state index in [1.807, 2.05) is 0 Å². The molecular formula is C12H17Cl2N3O. The summed E-state index contributed by atoms with van der Waals surface area (Å²) in [7, 11) is 0. The van der Waals surface area contributed by atoms with Crippen molar-refractivity contribution >= 4 is 29.9 Å². The minimum Gasteiger partial charge on any atom is -0.356 e. The van der Waals surface area contributed by atoms with Crippen LogP contribution >= 0.6 is 24.0 Å². The molecule has 0 saturated carbocycles. The third-order valence-corrected chi connectivity index (χ3v) is 3.92. The Labute approximate surface area is 117 Å². The van der Waals surface area contributed by atoms with Crippen molar-refractivity contribution in [1.82, 2.24) is 15.6 Å². The third kappa shape index (κ3) is 2.82. The molecule has 2 aliphatic rings. The lowest BCUT2D eigenvalue weighted by molar-refractivity contribution is 0.0919. The van der Waals surface area contributed by atoms with Crippen LogP contribution in [0.25, 0.3) is 0 Å². The van der Waals surface area contributed by atoms with Crippen LogP contribution in [0, 0.1) is 0 Å². The molecule has 2 unspecified atom stereocenters. The van der Waals surface area contributed by atoms with Crippen LogP contribution in [0.3, 0.4) is 0 Å². The summed E-state index contributed by atoms with van der Waals surface area (Å²) in [5.41, 5.74) is 0.542. The number of rotatable bonds is 2. The SMILES string of the molecule is Cl.O=C(NC1CC2CCC(C1)N2)c1cc(Cl)c[nH]1. The van der Waals surface area contributed by atoms with Crippen molar-refractivity contribution < 1.29 is 4.79 Å². The lowest BCUT2D eigenvalue weighted by Gasteiger charge is -2.29. The molecule has 1 amide bonds. The van der Waals surface area contributed by atoms with Gasteiger partial charge in [-0.25, -0.2) is 0 Å². The van der Waals surface area contributed by atoms with Crippen LogP contribution in [0.5, 0.6) is 0 Å². The zero-order valence-electron chi connectivity index (χ0n) is 9.91. The van der Waals surface area contributed by atoms with Crippen molar-refractivity contribution in [2.75, 3.05) is 0 Å². The molecule has 4 nitrogen and oxygen atoms in total. The number of carbonyl (C=O) groups excluding carboxylic acids is 1. The average Bonchev–Trinajstić information content (AvgIpc) is 2.85. The second kappa shape index (κ2) is 5.51. The van der Waals surface area contributed by atoms with Gasteiger partial charge in [0.25, 0.3) is 5.91 Å². The van der Waals surface area contributed by atoms with Crippen LogP contribution in [0.15, 0.2) is 12.3 Å². The maximum absolute atomic E-state index is 11.9. The van der Waals surface area contributed by atoms with Crippen molar-refractivity contribution in [2.45, 2.75) is 43.8 Å². The molecule has 1 aromatic rings. The number of nitrogens with one attached hydrogen (secondary N) is 3. The molecular weight excluding hydrogens is 273 g/mol. The summed E-state index contributed by atoms with van der Waals surface area (Å²) in [6.07, 6.45) is 6.19. The summed E-state index contributed by atoms with van der Waals surface area (Å²) in [5, 5.41) is 7.21. The van der Waals surface area contributed by atoms with Crippen molar-refractivity contribution in [1.29, 1.82) is 0 Å². The molecule has 2 saturated heterocycles. The number of aromatic nitrogens is 1. The van der Waals surface area contributed by atoms with E-state index >= 15 is 0 Å². The molecule has 3 rings (SSSR count). The molecule has 2 bridgehead atoms. The predicted octanol–water partition coefficient (Wildman–Crippen LogP) is 2.10. The maximum atomic E-state index is 11.9. The Kier molecular flexibility index (Phi) is 4.20. The van der Waals surface area contributed by atoms with Crippen molar-refractivity contribution in [3.8, 4) is 0 Å². The van der Waals surface area contributed by atoms with E-state index in [-0.39, 0.29) is 18.3 Å². The topological polar surface area (TPSA) is 56.9 Å². The quantitative estimate of drug-likeness (QED) is 0.781. The van der Waals surface area contributed by atoms with Gasteiger partial charge >= 0.3 is 0 Å². The largest absolute Gasteiger partial charge is 0.356 e. The molecule has 6 heteroatoms. The van der Waals surface area contributed by atoms with E-state index in [9.17, 15) is 4.79 Å². The molecule has 2 aliphatic heterocycles. The number of H-pyrrole nitrogens is 1. The summed E-state index contributed by atoms with van der Waals surface area (Å²) < 4.78 is 0. The number of piperidine rings is 1. The standard InChI is InChI=1S/C12H16ClN3O.ClH/c13-7-3-11(14-6-7)12(17)16-10-4-8-1-2-9(5-10)15-8;/h3,6,8-10,14-15H,1-2,4-5H2,(H,16,17);1H. The Morgan fingerprint density at radius 3 is 2.56 bits per heavy atom. The summed E-state index contributed by atoms with van der Waals surface area (Å²) in [5.74, 6) is -0.0526. The molecule has 2 atom stereocenters. The lowest BCUT2D eigenvalue weighted by Crippen LogP contribution is -2.48. The number of hydrogen-bond acceptors (Lipinski definition) is 2. The fraction of sp³-hybridized carbons (Fsp3) is 0.583. The monoisotopic (exact) mass is 289 g/mol. The first-order valence-electron chi connectivity index (χ1n) is 6.11. The van der Waals surface area contributed by atoms with E-state index < -0.39 is 0 Å². The fourth-order valence-corrected chi connectivity index (χ4v) is 3.10. The van der Waals surface area contributed by atoms with Gasteiger partial charge in [0.1, 0.15) is 5.69 Å². The smallest absolute Gasteiger partial charge is 0.267 e. The van der Waals surface area contributed by atoms with E-state index in [0.717, 1.165) is 12.8 Å². The van der Waals surface area contributed by atoms with Gasteiger partial charge in [-0.1, -0.05) is 11.6 Å². The van der Waals surface area contributed by atoms with Gasteiger partial charge in [-0.3, -0.25) is 4.79 Å². The Morgan fingerprint density at radius 2 is 2.00 bits per heavy atom. The number of halogens is 2. The molecule has 1 aromatic heterocycles. The minimum atomic E-state index is -0.0526. The highest BCUT2D eigenvalue weighted by Crippen LogP contribution is 2.26. The van der Waals surface area contributed by atoms with Gasteiger partial charge < -0.3 is 15.6 Å². The maximum Gasteiger partial charge on any atom is 0.267 e. The highest BCUT2D eigenvalue weighted by Gasteiger charge is 2.34. The Bertz CT molecular complexity index is 423. The van der Waals surface area contributed by atoms with Crippen molar-refractivity contribution in [3.05, 3.63) is 23.0 Å². The number of fused-ring (bicyclic) bond motifs is 2. The van der Waals surface area contributed by atoms with E-state index in [4.69, 9.17) is 11.6 Å². The molecule has 0 spiro atoms. The average molecular weight is 290 g/mol. The van der Waals surface area contributed by atoms with Gasteiger partial charge in [0, 0.05) is 24.3 Å². The first-order chi connectivity index (χ1) is 8.20. The number of amides is 1. The van der Waals surface area contributed by atoms with E-state index in [0.29, 0.717) is 28.8 Å². The van der Waals surface area contributed by atoms with Gasteiger partial charge in [0.2, 0.25) is 0 Å². The second-order valence-electron chi connectivity index (χ2n) is 5.01. The number of carbonyl (C=O) groups is 1. The van der Waals surface area contributed by atoms with Gasteiger partial charge in [-0.2, -0.15) is 0 Å². The zero-order valence-corrected chi connectivity index (χ0v) is 11.5. The first kappa shape index (κ1) is 13.7. The number of hydrogen-bond donors (Lipinski definition) is 3.